The summed E-state index contributed by atoms with van der Waals surface area (Å²) in [6, 6.07) is 14.8. The Labute approximate surface area is 145 Å². The largest absolute Gasteiger partial charge is 0.493 e. The number of benzene rings is 2. The number of hydrogen-bond donors (Lipinski definition) is 1. The molecule has 0 bridgehead atoms. The molecule has 0 aliphatic carbocycles. The van der Waals surface area contributed by atoms with Crippen molar-refractivity contribution in [2.24, 2.45) is 0 Å². The van der Waals surface area contributed by atoms with Crippen molar-refractivity contribution in [3.8, 4) is 11.5 Å². The molecule has 1 amide bonds. The van der Waals surface area contributed by atoms with Crippen LogP contribution in [0.2, 0.25) is 0 Å². The summed E-state index contributed by atoms with van der Waals surface area (Å²) < 4.78 is 10.6. The Balaban J connectivity index is 1.72. The Morgan fingerprint density at radius 1 is 1.17 bits per heavy atom. The van der Waals surface area contributed by atoms with Gasteiger partial charge < -0.3 is 14.8 Å². The Kier molecular flexibility index (Phi) is 7.17. The van der Waals surface area contributed by atoms with Crippen LogP contribution in [0.4, 0.5) is 0 Å². The minimum absolute atomic E-state index is 0.104. The summed E-state index contributed by atoms with van der Waals surface area (Å²) in [5.74, 6) is 1.43. The Morgan fingerprint density at radius 2 is 1.96 bits per heavy atom. The van der Waals surface area contributed by atoms with Crippen molar-refractivity contribution in [3.63, 3.8) is 0 Å². The van der Waals surface area contributed by atoms with Crippen LogP contribution in [0.1, 0.15) is 10.4 Å². The number of methoxy groups -OCH3 is 1. The Morgan fingerprint density at radius 3 is 2.67 bits per heavy atom. The molecule has 2 rings (SSSR count). The van der Waals surface area contributed by atoms with E-state index in [4.69, 9.17) is 9.47 Å². The lowest BCUT2D eigenvalue weighted by Crippen LogP contribution is -2.30. The SMILES string of the molecule is COc1cc(C=O)ccc1OCC(=O)NCCSc1ccccc1. The van der Waals surface area contributed by atoms with Crippen LogP contribution in [-0.2, 0) is 4.79 Å². The second-order valence-corrected chi connectivity index (χ2v) is 6.00. The van der Waals surface area contributed by atoms with Crippen LogP contribution in [0.15, 0.2) is 53.4 Å². The normalized spacial score (nSPS) is 10.0. The first kappa shape index (κ1) is 17.9. The van der Waals surface area contributed by atoms with E-state index in [1.807, 2.05) is 30.3 Å². The van der Waals surface area contributed by atoms with Crippen molar-refractivity contribution >= 4 is 24.0 Å². The van der Waals surface area contributed by atoms with Crippen LogP contribution in [0.25, 0.3) is 0 Å². The van der Waals surface area contributed by atoms with Gasteiger partial charge in [0.25, 0.3) is 5.91 Å². The van der Waals surface area contributed by atoms with Gasteiger partial charge in [0, 0.05) is 22.8 Å². The molecule has 5 nitrogen and oxygen atoms in total. The van der Waals surface area contributed by atoms with Gasteiger partial charge in [-0.25, -0.2) is 0 Å². The molecule has 0 saturated carbocycles. The molecule has 2 aromatic carbocycles. The van der Waals surface area contributed by atoms with E-state index < -0.39 is 0 Å². The molecule has 0 fully saturated rings. The summed E-state index contributed by atoms with van der Waals surface area (Å²) in [5, 5.41) is 2.80. The number of rotatable bonds is 9. The fraction of sp³-hybridized carbons (Fsp3) is 0.222. The maximum Gasteiger partial charge on any atom is 0.257 e. The van der Waals surface area contributed by atoms with Crippen LogP contribution in [0, 0.1) is 0 Å². The third-order valence-electron chi connectivity index (χ3n) is 3.12. The number of hydrogen-bond acceptors (Lipinski definition) is 5. The zero-order valence-corrected chi connectivity index (χ0v) is 14.2. The summed E-state index contributed by atoms with van der Waals surface area (Å²) in [5.41, 5.74) is 0.488. The monoisotopic (exact) mass is 345 g/mol. The summed E-state index contributed by atoms with van der Waals surface area (Å²) in [4.78, 5) is 23.7. The van der Waals surface area contributed by atoms with E-state index in [-0.39, 0.29) is 12.5 Å². The maximum atomic E-state index is 11.8. The first-order valence-electron chi connectivity index (χ1n) is 7.43. The van der Waals surface area contributed by atoms with Crippen LogP contribution >= 0.6 is 11.8 Å². The van der Waals surface area contributed by atoms with E-state index in [9.17, 15) is 9.59 Å². The maximum absolute atomic E-state index is 11.8. The Bertz CT molecular complexity index is 676. The molecule has 6 heteroatoms. The summed E-state index contributed by atoms with van der Waals surface area (Å²) in [6.45, 7) is 0.454. The first-order chi connectivity index (χ1) is 11.7. The number of nitrogens with one attached hydrogen (secondary N) is 1. The minimum Gasteiger partial charge on any atom is -0.493 e. The highest BCUT2D eigenvalue weighted by atomic mass is 32.2. The highest BCUT2D eigenvalue weighted by molar-refractivity contribution is 7.99. The highest BCUT2D eigenvalue weighted by Gasteiger charge is 2.08. The molecule has 0 atom stereocenters. The summed E-state index contributed by atoms with van der Waals surface area (Å²) >= 11 is 1.68. The van der Waals surface area contributed by atoms with Gasteiger partial charge in [0.1, 0.15) is 6.29 Å². The number of ether oxygens (including phenoxy) is 2. The van der Waals surface area contributed by atoms with Gasteiger partial charge in [-0.3, -0.25) is 9.59 Å². The zero-order valence-electron chi connectivity index (χ0n) is 13.4. The number of carbonyl (C=O) groups excluding carboxylic acids is 2. The highest BCUT2D eigenvalue weighted by Crippen LogP contribution is 2.27. The number of carbonyl (C=O) groups is 2. The number of amides is 1. The van der Waals surface area contributed by atoms with Crippen molar-refractivity contribution < 1.29 is 19.1 Å². The molecule has 0 aliphatic rings. The molecule has 126 valence electrons. The molecule has 24 heavy (non-hydrogen) atoms. The summed E-state index contributed by atoms with van der Waals surface area (Å²) in [7, 11) is 1.48. The van der Waals surface area contributed by atoms with Crippen LogP contribution in [-0.4, -0.2) is 38.2 Å². The minimum atomic E-state index is -0.204. The van der Waals surface area contributed by atoms with Crippen molar-refractivity contribution in [1.29, 1.82) is 0 Å². The van der Waals surface area contributed by atoms with E-state index in [0.29, 0.717) is 23.6 Å². The van der Waals surface area contributed by atoms with E-state index in [1.54, 1.807) is 30.0 Å². The standard InChI is InChI=1S/C18H19NO4S/c1-22-17-11-14(12-20)7-8-16(17)23-13-18(21)19-9-10-24-15-5-3-2-4-6-15/h2-8,11-12H,9-10,13H2,1H3,(H,19,21). The first-order valence-corrected chi connectivity index (χ1v) is 8.42. The van der Waals surface area contributed by atoms with E-state index in [0.717, 1.165) is 12.0 Å². The molecule has 0 spiro atoms. The zero-order chi connectivity index (χ0) is 17.2. The second kappa shape index (κ2) is 9.62. The van der Waals surface area contributed by atoms with E-state index >= 15 is 0 Å². The van der Waals surface area contributed by atoms with Crippen molar-refractivity contribution in [2.45, 2.75) is 4.90 Å². The fourth-order valence-corrected chi connectivity index (χ4v) is 2.74. The van der Waals surface area contributed by atoms with Crippen molar-refractivity contribution in [3.05, 3.63) is 54.1 Å². The molecular weight excluding hydrogens is 326 g/mol. The molecule has 0 heterocycles. The fourth-order valence-electron chi connectivity index (χ4n) is 1.95. The van der Waals surface area contributed by atoms with Crippen molar-refractivity contribution in [1.82, 2.24) is 5.32 Å². The molecule has 1 N–H and O–H groups in total. The van der Waals surface area contributed by atoms with Gasteiger partial charge in [-0.15, -0.1) is 11.8 Å². The lowest BCUT2D eigenvalue weighted by molar-refractivity contribution is -0.122. The number of aldehydes is 1. The third-order valence-corrected chi connectivity index (χ3v) is 4.13. The van der Waals surface area contributed by atoms with Gasteiger partial charge in [0.05, 0.1) is 7.11 Å². The number of thioether (sulfide) groups is 1. The molecule has 0 saturated heterocycles. The molecule has 2 aromatic rings. The molecular formula is C18H19NO4S. The lowest BCUT2D eigenvalue weighted by atomic mass is 10.2. The predicted octanol–water partition coefficient (Wildman–Crippen LogP) is 2.80. The average molecular weight is 345 g/mol. The average Bonchev–Trinajstić information content (AvgIpc) is 2.64. The van der Waals surface area contributed by atoms with Crippen LogP contribution in [0.3, 0.4) is 0 Å². The van der Waals surface area contributed by atoms with E-state index in [1.165, 1.54) is 12.0 Å². The van der Waals surface area contributed by atoms with Gasteiger partial charge in [-0.1, -0.05) is 18.2 Å². The van der Waals surface area contributed by atoms with Gasteiger partial charge in [0.2, 0.25) is 0 Å². The third kappa shape index (κ3) is 5.62. The van der Waals surface area contributed by atoms with Gasteiger partial charge in [-0.05, 0) is 30.3 Å². The van der Waals surface area contributed by atoms with E-state index in [2.05, 4.69) is 5.32 Å². The predicted molar refractivity (Wildman–Crippen MR) is 94.1 cm³/mol. The lowest BCUT2D eigenvalue weighted by Gasteiger charge is -2.11. The second-order valence-electron chi connectivity index (χ2n) is 4.83. The van der Waals surface area contributed by atoms with Gasteiger partial charge in [0.15, 0.2) is 18.1 Å². The van der Waals surface area contributed by atoms with Crippen LogP contribution in [0.5, 0.6) is 11.5 Å². The van der Waals surface area contributed by atoms with Gasteiger partial charge in [-0.2, -0.15) is 0 Å². The molecule has 0 radical (unpaired) electrons. The smallest absolute Gasteiger partial charge is 0.257 e. The summed E-state index contributed by atoms with van der Waals surface area (Å²) in [6.07, 6.45) is 0.726. The quantitative estimate of drug-likeness (QED) is 0.430. The van der Waals surface area contributed by atoms with Gasteiger partial charge >= 0.3 is 0 Å². The molecule has 0 aromatic heterocycles. The molecule has 0 unspecified atom stereocenters. The topological polar surface area (TPSA) is 64.6 Å². The Hall–Kier alpha value is -2.47. The molecule has 0 aliphatic heterocycles. The van der Waals surface area contributed by atoms with Crippen molar-refractivity contribution in [2.75, 3.05) is 26.0 Å². The van der Waals surface area contributed by atoms with Crippen LogP contribution < -0.4 is 14.8 Å².